The molecule has 0 bridgehead atoms. The molecule has 0 radical (unpaired) electrons. The molecule has 17 heavy (non-hydrogen) atoms. The summed E-state index contributed by atoms with van der Waals surface area (Å²) in [5, 5.41) is 5.89. The van der Waals surface area contributed by atoms with Gasteiger partial charge in [-0.2, -0.15) is 11.8 Å². The zero-order valence-electron chi connectivity index (χ0n) is 9.90. The quantitative estimate of drug-likeness (QED) is 0.853. The number of nitrogens with zero attached hydrogens (tertiary/aromatic N) is 1. The van der Waals surface area contributed by atoms with Gasteiger partial charge in [0, 0.05) is 19.8 Å². The summed E-state index contributed by atoms with van der Waals surface area (Å²) in [5.41, 5.74) is 0.620. The molecule has 0 aromatic carbocycles. The Bertz CT molecular complexity index is 374. The first-order valence-electron chi connectivity index (χ1n) is 5.79. The summed E-state index contributed by atoms with van der Waals surface area (Å²) in [6.07, 6.45) is 2.81. The Morgan fingerprint density at radius 3 is 3.06 bits per heavy atom. The number of carbonyl (C=O) groups excluding carboxylic acids is 1. The second kappa shape index (κ2) is 5.91. The van der Waals surface area contributed by atoms with Gasteiger partial charge in [0.15, 0.2) is 0 Å². The highest BCUT2D eigenvalue weighted by Crippen LogP contribution is 2.22. The van der Waals surface area contributed by atoms with Gasteiger partial charge in [-0.05, 0) is 36.0 Å². The van der Waals surface area contributed by atoms with Crippen LogP contribution < -0.4 is 10.6 Å². The Kier molecular flexibility index (Phi) is 4.25. The van der Waals surface area contributed by atoms with E-state index in [1.165, 1.54) is 12.2 Å². The van der Waals surface area contributed by atoms with Crippen LogP contribution in [0.3, 0.4) is 0 Å². The molecule has 1 saturated heterocycles. The Morgan fingerprint density at radius 1 is 1.59 bits per heavy atom. The van der Waals surface area contributed by atoms with Gasteiger partial charge in [0.05, 0.1) is 5.56 Å². The van der Waals surface area contributed by atoms with Crippen molar-refractivity contribution >= 4 is 23.5 Å². The third-order valence-corrected chi connectivity index (χ3v) is 4.09. The lowest BCUT2D eigenvalue weighted by Gasteiger charge is -2.10. The first kappa shape index (κ1) is 12.2. The summed E-state index contributed by atoms with van der Waals surface area (Å²) in [7, 11) is 1.81. The van der Waals surface area contributed by atoms with Crippen molar-refractivity contribution in [1.82, 2.24) is 10.3 Å². The Balaban J connectivity index is 1.85. The van der Waals surface area contributed by atoms with E-state index in [4.69, 9.17) is 0 Å². The van der Waals surface area contributed by atoms with Gasteiger partial charge in [-0.1, -0.05) is 0 Å². The average molecular weight is 251 g/mol. The maximum absolute atomic E-state index is 11.8. The lowest BCUT2D eigenvalue weighted by atomic mass is 10.1. The van der Waals surface area contributed by atoms with Crippen LogP contribution in [0.25, 0.3) is 0 Å². The molecule has 0 saturated carbocycles. The SMILES string of the molecule is CNc1ccc(C(=O)NCC2CCSC2)cn1. The summed E-state index contributed by atoms with van der Waals surface area (Å²) in [5.74, 6) is 3.76. The van der Waals surface area contributed by atoms with Gasteiger partial charge in [0.1, 0.15) is 5.82 Å². The highest BCUT2D eigenvalue weighted by atomic mass is 32.2. The molecule has 4 nitrogen and oxygen atoms in total. The Morgan fingerprint density at radius 2 is 2.47 bits per heavy atom. The molecule has 1 aromatic rings. The minimum absolute atomic E-state index is 0.0305. The summed E-state index contributed by atoms with van der Waals surface area (Å²) in [4.78, 5) is 15.9. The second-order valence-corrected chi connectivity index (χ2v) is 5.27. The minimum atomic E-state index is -0.0305. The zero-order chi connectivity index (χ0) is 12.1. The molecule has 2 rings (SSSR count). The van der Waals surface area contributed by atoms with Gasteiger partial charge in [-0.3, -0.25) is 4.79 Å². The van der Waals surface area contributed by atoms with Crippen LogP contribution in [-0.4, -0.2) is 36.0 Å². The number of nitrogens with one attached hydrogen (secondary N) is 2. The molecule has 1 amide bonds. The first-order chi connectivity index (χ1) is 8.29. The largest absolute Gasteiger partial charge is 0.373 e. The molecule has 1 aromatic heterocycles. The van der Waals surface area contributed by atoms with E-state index < -0.39 is 0 Å². The fourth-order valence-corrected chi connectivity index (χ4v) is 3.04. The zero-order valence-corrected chi connectivity index (χ0v) is 10.7. The van der Waals surface area contributed by atoms with Crippen LogP contribution in [0.2, 0.25) is 0 Å². The summed E-state index contributed by atoms with van der Waals surface area (Å²) in [6, 6.07) is 3.60. The van der Waals surface area contributed by atoms with Crippen molar-refractivity contribution in [3.05, 3.63) is 23.9 Å². The van der Waals surface area contributed by atoms with Crippen LogP contribution in [-0.2, 0) is 0 Å². The predicted molar refractivity (Wildman–Crippen MR) is 71.5 cm³/mol. The van der Waals surface area contributed by atoms with E-state index >= 15 is 0 Å². The van der Waals surface area contributed by atoms with Gasteiger partial charge >= 0.3 is 0 Å². The summed E-state index contributed by atoms with van der Waals surface area (Å²) >= 11 is 1.96. The number of hydrogen-bond donors (Lipinski definition) is 2. The van der Waals surface area contributed by atoms with E-state index in [2.05, 4.69) is 15.6 Å². The molecule has 2 heterocycles. The van der Waals surface area contributed by atoms with Crippen molar-refractivity contribution in [3.8, 4) is 0 Å². The normalized spacial score (nSPS) is 19.0. The maximum Gasteiger partial charge on any atom is 0.252 e. The standard InChI is InChI=1S/C12H17N3OS/c1-13-11-3-2-10(7-14-11)12(16)15-6-9-4-5-17-8-9/h2-3,7,9H,4-6,8H2,1H3,(H,13,14)(H,15,16). The van der Waals surface area contributed by atoms with Crippen molar-refractivity contribution in [2.45, 2.75) is 6.42 Å². The van der Waals surface area contributed by atoms with Crippen molar-refractivity contribution in [1.29, 1.82) is 0 Å². The number of rotatable bonds is 4. The van der Waals surface area contributed by atoms with E-state index in [1.54, 1.807) is 25.4 Å². The number of hydrogen-bond acceptors (Lipinski definition) is 4. The highest BCUT2D eigenvalue weighted by molar-refractivity contribution is 7.99. The molecular weight excluding hydrogens is 234 g/mol. The van der Waals surface area contributed by atoms with Gasteiger partial charge < -0.3 is 10.6 Å². The summed E-state index contributed by atoms with van der Waals surface area (Å²) in [6.45, 7) is 0.777. The van der Waals surface area contributed by atoms with Crippen molar-refractivity contribution < 1.29 is 4.79 Å². The van der Waals surface area contributed by atoms with Crippen LogP contribution in [0, 0.1) is 5.92 Å². The molecule has 0 spiro atoms. The third kappa shape index (κ3) is 3.36. The fraction of sp³-hybridized carbons (Fsp3) is 0.500. The van der Waals surface area contributed by atoms with Crippen LogP contribution in [0.5, 0.6) is 0 Å². The fourth-order valence-electron chi connectivity index (χ4n) is 1.76. The molecule has 1 unspecified atom stereocenters. The molecule has 2 N–H and O–H groups in total. The molecule has 0 aliphatic carbocycles. The van der Waals surface area contributed by atoms with Crippen molar-refractivity contribution in [3.63, 3.8) is 0 Å². The number of amides is 1. The van der Waals surface area contributed by atoms with Crippen LogP contribution in [0.1, 0.15) is 16.8 Å². The molecule has 1 atom stereocenters. The van der Waals surface area contributed by atoms with Gasteiger partial charge in [0.2, 0.25) is 0 Å². The number of thioether (sulfide) groups is 1. The van der Waals surface area contributed by atoms with Gasteiger partial charge in [0.25, 0.3) is 5.91 Å². The van der Waals surface area contributed by atoms with E-state index in [0.717, 1.165) is 18.1 Å². The van der Waals surface area contributed by atoms with Crippen molar-refractivity contribution in [2.75, 3.05) is 30.4 Å². The number of carbonyl (C=O) groups is 1. The topological polar surface area (TPSA) is 54.0 Å². The lowest BCUT2D eigenvalue weighted by Crippen LogP contribution is -2.29. The number of aromatic nitrogens is 1. The monoisotopic (exact) mass is 251 g/mol. The predicted octanol–water partition coefficient (Wildman–Crippen LogP) is 1.61. The summed E-state index contributed by atoms with van der Waals surface area (Å²) < 4.78 is 0. The van der Waals surface area contributed by atoms with E-state index in [-0.39, 0.29) is 5.91 Å². The van der Waals surface area contributed by atoms with Crippen molar-refractivity contribution in [2.24, 2.45) is 5.92 Å². The van der Waals surface area contributed by atoms with Crippen LogP contribution in [0.4, 0.5) is 5.82 Å². The van der Waals surface area contributed by atoms with Crippen LogP contribution >= 0.6 is 11.8 Å². The highest BCUT2D eigenvalue weighted by Gasteiger charge is 2.16. The minimum Gasteiger partial charge on any atom is -0.373 e. The van der Waals surface area contributed by atoms with E-state index in [0.29, 0.717) is 11.5 Å². The molecule has 5 heteroatoms. The van der Waals surface area contributed by atoms with Gasteiger partial charge in [-0.15, -0.1) is 0 Å². The Labute approximate surface area is 106 Å². The van der Waals surface area contributed by atoms with Gasteiger partial charge in [-0.25, -0.2) is 4.98 Å². The Hall–Kier alpha value is -1.23. The second-order valence-electron chi connectivity index (χ2n) is 4.12. The number of pyridine rings is 1. The van der Waals surface area contributed by atoms with E-state index in [9.17, 15) is 4.79 Å². The molecular formula is C12H17N3OS. The maximum atomic E-state index is 11.8. The third-order valence-electron chi connectivity index (χ3n) is 2.86. The molecule has 92 valence electrons. The van der Waals surface area contributed by atoms with Crippen LogP contribution in [0.15, 0.2) is 18.3 Å². The molecule has 1 fully saturated rings. The lowest BCUT2D eigenvalue weighted by molar-refractivity contribution is 0.0948. The smallest absolute Gasteiger partial charge is 0.252 e. The van der Waals surface area contributed by atoms with E-state index in [1.807, 2.05) is 11.8 Å². The number of anilines is 1. The average Bonchev–Trinajstić information content (AvgIpc) is 2.89. The first-order valence-corrected chi connectivity index (χ1v) is 6.95. The molecule has 1 aliphatic heterocycles. The molecule has 1 aliphatic rings.